The van der Waals surface area contributed by atoms with Gasteiger partial charge in [0.1, 0.15) is 11.3 Å². The normalized spacial score (nSPS) is 16.8. The number of esters is 1. The van der Waals surface area contributed by atoms with E-state index in [1.165, 1.54) is 0 Å². The molecular formula is C23H26O6. The van der Waals surface area contributed by atoms with E-state index in [9.17, 15) is 14.7 Å². The molecule has 0 unspecified atom stereocenters. The third-order valence-corrected chi connectivity index (χ3v) is 4.37. The zero-order valence-corrected chi connectivity index (χ0v) is 16.1. The fraction of sp³-hybridized carbons (Fsp3) is 0.217. The zero-order valence-electron chi connectivity index (χ0n) is 16.1. The highest BCUT2D eigenvalue weighted by atomic mass is 16.5. The Morgan fingerprint density at radius 3 is 2.34 bits per heavy atom. The topological polar surface area (TPSA) is 127 Å². The minimum atomic E-state index is -0.566. The van der Waals surface area contributed by atoms with Crippen molar-refractivity contribution in [2.45, 2.75) is 25.7 Å². The Balaban J connectivity index is 0.00000210. The van der Waals surface area contributed by atoms with Crippen LogP contribution in [0.3, 0.4) is 0 Å². The minimum absolute atomic E-state index is 0. The van der Waals surface area contributed by atoms with E-state index < -0.39 is 5.97 Å². The molecule has 0 atom stereocenters. The highest BCUT2D eigenvalue weighted by Crippen LogP contribution is 2.31. The first-order valence-corrected chi connectivity index (χ1v) is 9.10. The largest absolute Gasteiger partial charge is 0.507 e. The summed E-state index contributed by atoms with van der Waals surface area (Å²) in [5.74, 6) is -0.585. The maximum Gasteiger partial charge on any atom is 0.342 e. The average molecular weight is 398 g/mol. The van der Waals surface area contributed by atoms with Crippen LogP contribution >= 0.6 is 0 Å². The molecule has 0 saturated carbocycles. The van der Waals surface area contributed by atoms with Gasteiger partial charge in [0.15, 0.2) is 5.78 Å². The molecule has 2 aromatic rings. The molecule has 0 aliphatic carbocycles. The smallest absolute Gasteiger partial charge is 0.342 e. The number of benzene rings is 2. The third kappa shape index (κ3) is 6.41. The maximum absolute atomic E-state index is 12.5. The lowest BCUT2D eigenvalue weighted by molar-refractivity contribution is -0.114. The molecule has 0 bridgehead atoms. The van der Waals surface area contributed by atoms with Crippen molar-refractivity contribution in [1.29, 1.82) is 0 Å². The van der Waals surface area contributed by atoms with E-state index in [1.807, 2.05) is 48.6 Å². The molecular weight excluding hydrogens is 372 g/mol. The van der Waals surface area contributed by atoms with E-state index in [2.05, 4.69) is 0 Å². The molecule has 1 aliphatic rings. The van der Waals surface area contributed by atoms with Crippen molar-refractivity contribution in [3.63, 3.8) is 0 Å². The maximum atomic E-state index is 12.5. The number of hydrogen-bond acceptors (Lipinski definition) is 4. The quantitative estimate of drug-likeness (QED) is 0.739. The van der Waals surface area contributed by atoms with Crippen LogP contribution in [0.2, 0.25) is 0 Å². The van der Waals surface area contributed by atoms with Crippen LogP contribution in [0.15, 0.2) is 60.7 Å². The van der Waals surface area contributed by atoms with E-state index in [0.717, 1.165) is 17.5 Å². The van der Waals surface area contributed by atoms with Crippen molar-refractivity contribution in [1.82, 2.24) is 0 Å². The molecule has 1 aliphatic heterocycles. The van der Waals surface area contributed by atoms with Crippen molar-refractivity contribution >= 4 is 17.8 Å². The number of ketones is 1. The summed E-state index contributed by atoms with van der Waals surface area (Å²) in [5, 5.41) is 10.5. The van der Waals surface area contributed by atoms with Gasteiger partial charge in [-0.05, 0) is 54.2 Å². The van der Waals surface area contributed by atoms with Gasteiger partial charge in [0.25, 0.3) is 0 Å². The Bertz CT molecular complexity index is 884. The average Bonchev–Trinajstić information content (AvgIpc) is 2.67. The molecule has 29 heavy (non-hydrogen) atoms. The van der Waals surface area contributed by atoms with Crippen molar-refractivity contribution in [3.05, 3.63) is 71.8 Å². The molecule has 2 aromatic carbocycles. The van der Waals surface area contributed by atoms with Gasteiger partial charge in [-0.15, -0.1) is 0 Å². The number of hydrogen-bond donors (Lipinski definition) is 1. The molecule has 6 nitrogen and oxygen atoms in total. The van der Waals surface area contributed by atoms with Crippen molar-refractivity contribution < 1.29 is 30.4 Å². The summed E-state index contributed by atoms with van der Waals surface area (Å²) < 4.78 is 5.28. The van der Waals surface area contributed by atoms with Crippen molar-refractivity contribution in [2.24, 2.45) is 0 Å². The minimum Gasteiger partial charge on any atom is -0.507 e. The molecule has 0 amide bonds. The molecule has 6 heteroatoms. The van der Waals surface area contributed by atoms with Crippen LogP contribution in [0.25, 0.3) is 17.2 Å². The Labute approximate surface area is 169 Å². The van der Waals surface area contributed by atoms with Gasteiger partial charge in [0.2, 0.25) is 0 Å². The third-order valence-electron chi connectivity index (χ3n) is 4.37. The van der Waals surface area contributed by atoms with E-state index in [4.69, 9.17) is 4.74 Å². The molecule has 154 valence electrons. The van der Waals surface area contributed by atoms with E-state index in [-0.39, 0.29) is 34.7 Å². The van der Waals surface area contributed by atoms with Crippen LogP contribution < -0.4 is 0 Å². The molecule has 0 spiro atoms. The highest BCUT2D eigenvalue weighted by Gasteiger charge is 2.18. The first kappa shape index (κ1) is 23.8. The first-order valence-electron chi connectivity index (χ1n) is 9.10. The Hall–Kier alpha value is -3.22. The Morgan fingerprint density at radius 2 is 1.59 bits per heavy atom. The van der Waals surface area contributed by atoms with Crippen LogP contribution in [0, 0.1) is 0 Å². The second-order valence-corrected chi connectivity index (χ2v) is 6.41. The Kier molecular flexibility index (Phi) is 9.51. The monoisotopic (exact) mass is 398 g/mol. The van der Waals surface area contributed by atoms with Gasteiger partial charge >= 0.3 is 5.97 Å². The molecule has 0 radical (unpaired) electrons. The summed E-state index contributed by atoms with van der Waals surface area (Å²) in [6.45, 7) is 0.158. The second kappa shape index (κ2) is 11.6. The van der Waals surface area contributed by atoms with E-state index >= 15 is 0 Å². The lowest BCUT2D eigenvalue weighted by atomic mass is 9.97. The van der Waals surface area contributed by atoms with E-state index in [1.54, 1.807) is 18.2 Å². The SMILES string of the molecule is O.O.O=C1/C=C\CCOC(=O)c2c(O)cc(-c3ccccc3)cc2/C=C/CCC1. The molecule has 1 heterocycles. The van der Waals surface area contributed by atoms with Crippen LogP contribution in [0.5, 0.6) is 5.75 Å². The molecule has 3 rings (SSSR count). The summed E-state index contributed by atoms with van der Waals surface area (Å²) in [7, 11) is 0. The van der Waals surface area contributed by atoms with Crippen LogP contribution in [0.1, 0.15) is 41.6 Å². The lowest BCUT2D eigenvalue weighted by Gasteiger charge is -2.12. The summed E-state index contributed by atoms with van der Waals surface area (Å²) in [6, 6.07) is 13.1. The van der Waals surface area contributed by atoms with Crippen LogP contribution in [-0.2, 0) is 9.53 Å². The number of ether oxygens (including phenoxy) is 1. The Morgan fingerprint density at radius 1 is 0.862 bits per heavy atom. The van der Waals surface area contributed by atoms with Crippen LogP contribution in [0.4, 0.5) is 0 Å². The van der Waals surface area contributed by atoms with Crippen molar-refractivity contribution in [3.8, 4) is 16.9 Å². The number of rotatable bonds is 1. The summed E-state index contributed by atoms with van der Waals surface area (Å²) in [4.78, 5) is 24.2. The zero-order chi connectivity index (χ0) is 19.1. The van der Waals surface area contributed by atoms with Gasteiger partial charge in [0, 0.05) is 6.42 Å². The summed E-state index contributed by atoms with van der Waals surface area (Å²) in [5.41, 5.74) is 2.55. The van der Waals surface area contributed by atoms with Gasteiger partial charge in [-0.2, -0.15) is 0 Å². The molecule has 5 N–H and O–H groups in total. The number of carbonyl (C=O) groups is 2. The van der Waals surface area contributed by atoms with Crippen molar-refractivity contribution in [2.75, 3.05) is 6.61 Å². The fourth-order valence-corrected chi connectivity index (χ4v) is 2.99. The van der Waals surface area contributed by atoms with Crippen LogP contribution in [-0.4, -0.2) is 34.4 Å². The first-order chi connectivity index (χ1) is 13.1. The number of allylic oxidation sites excluding steroid dienone is 2. The van der Waals surface area contributed by atoms with Gasteiger partial charge in [0.05, 0.1) is 6.61 Å². The molecule has 0 fully saturated rings. The number of phenolic OH excluding ortho intramolecular Hbond substituents is 1. The second-order valence-electron chi connectivity index (χ2n) is 6.41. The standard InChI is InChI=1S/C23H22O4.2H2O/c24-20-12-6-2-5-11-18-15-19(17-9-3-1-4-10-17)16-21(25)22(18)23(26)27-14-8-7-13-20;;/h1,3-5,7,9-11,13,15-16,25H,2,6,8,12,14H2;2*1H2/b11-5+,13-7-;;. The predicted octanol–water partition coefficient (Wildman–Crippen LogP) is 3.28. The van der Waals surface area contributed by atoms with Gasteiger partial charge in [-0.1, -0.05) is 48.6 Å². The highest BCUT2D eigenvalue weighted by molar-refractivity contribution is 5.98. The number of fused-ring (bicyclic) bond motifs is 1. The number of aromatic hydroxyl groups is 1. The predicted molar refractivity (Wildman–Crippen MR) is 113 cm³/mol. The summed E-state index contributed by atoms with van der Waals surface area (Å²) >= 11 is 0. The number of phenols is 1. The summed E-state index contributed by atoms with van der Waals surface area (Å²) in [6.07, 6.45) is 9.40. The number of cyclic esters (lactones) is 1. The lowest BCUT2D eigenvalue weighted by Crippen LogP contribution is -2.09. The van der Waals surface area contributed by atoms with Gasteiger partial charge < -0.3 is 20.8 Å². The van der Waals surface area contributed by atoms with Gasteiger partial charge in [-0.3, -0.25) is 4.79 Å². The fourth-order valence-electron chi connectivity index (χ4n) is 2.99. The molecule has 0 saturated heterocycles. The molecule has 0 aromatic heterocycles. The van der Waals surface area contributed by atoms with Gasteiger partial charge in [-0.25, -0.2) is 4.79 Å². The van der Waals surface area contributed by atoms with E-state index in [0.29, 0.717) is 24.8 Å². The number of carbonyl (C=O) groups excluding carboxylic acids is 2.